The first kappa shape index (κ1) is 11.9. The van der Waals surface area contributed by atoms with E-state index in [0.29, 0.717) is 0 Å². The van der Waals surface area contributed by atoms with Crippen LogP contribution >= 0.6 is 0 Å². The molecular weight excluding hydrogens is 189 g/mol. The number of hydrogen-bond donors (Lipinski definition) is 2. The minimum absolute atomic E-state index is 0.123. The van der Waals surface area contributed by atoms with Gasteiger partial charge in [-0.2, -0.15) is 18.3 Å². The topological polar surface area (TPSA) is 61.7 Å². The highest BCUT2D eigenvalue weighted by atomic mass is 19.4. The second-order valence-electron chi connectivity index (χ2n) is 2.26. The minimum atomic E-state index is -4.93. The Hall–Kier alpha value is -1.11. The molecule has 0 fully saturated rings. The molecule has 1 amide bonds. The fourth-order valence-corrected chi connectivity index (χ4v) is 0.427. The molecule has 4 nitrogen and oxygen atoms in total. The van der Waals surface area contributed by atoms with Crippen LogP contribution in [0.5, 0.6) is 0 Å². The van der Waals surface area contributed by atoms with Crippen molar-refractivity contribution in [1.29, 1.82) is 0 Å². The Bertz CT molecular complexity index is 212. The van der Waals surface area contributed by atoms with Crippen molar-refractivity contribution in [3.05, 3.63) is 0 Å². The molecule has 0 bridgehead atoms. The van der Waals surface area contributed by atoms with Crippen LogP contribution in [0.4, 0.5) is 13.2 Å². The number of nitrogens with one attached hydrogen (secondary N) is 1. The molecule has 0 aliphatic carbocycles. The predicted molar refractivity (Wildman–Crippen MR) is 39.0 cm³/mol. The van der Waals surface area contributed by atoms with Crippen molar-refractivity contribution in [3.63, 3.8) is 0 Å². The molecule has 0 heterocycles. The largest absolute Gasteiger partial charge is 0.473 e. The Kier molecular flexibility index (Phi) is 4.39. The van der Waals surface area contributed by atoms with Gasteiger partial charge in [0, 0.05) is 18.7 Å². The summed E-state index contributed by atoms with van der Waals surface area (Å²) >= 11 is 0. The molecule has 2 N–H and O–H groups in total. The number of hydrogen-bond acceptors (Lipinski definition) is 3. The van der Waals surface area contributed by atoms with Crippen LogP contribution in [-0.2, 0) is 4.79 Å². The smallest absolute Gasteiger partial charge is 0.396 e. The molecule has 0 spiro atoms. The van der Waals surface area contributed by atoms with Crippen molar-refractivity contribution in [3.8, 4) is 0 Å². The number of hydrazone groups is 1. The summed E-state index contributed by atoms with van der Waals surface area (Å²) in [6.07, 6.45) is -4.80. The fourth-order valence-electron chi connectivity index (χ4n) is 0.427. The van der Waals surface area contributed by atoms with E-state index in [1.54, 1.807) is 0 Å². The molecule has 0 aliphatic heterocycles. The molecule has 76 valence electrons. The maximum Gasteiger partial charge on any atom is 0.473 e. The van der Waals surface area contributed by atoms with Crippen LogP contribution < -0.4 is 5.43 Å². The molecule has 0 aliphatic rings. The molecule has 0 rings (SSSR count). The predicted octanol–water partition coefficient (Wildman–Crippen LogP) is 0.423. The van der Waals surface area contributed by atoms with Gasteiger partial charge in [0.1, 0.15) is 0 Å². The van der Waals surface area contributed by atoms with Crippen molar-refractivity contribution in [2.75, 3.05) is 6.61 Å². The number of aliphatic hydroxyl groups excluding tert-OH is 1. The van der Waals surface area contributed by atoms with E-state index in [9.17, 15) is 18.0 Å². The van der Waals surface area contributed by atoms with E-state index in [0.717, 1.165) is 0 Å². The summed E-state index contributed by atoms with van der Waals surface area (Å²) in [5, 5.41) is 11.5. The van der Waals surface area contributed by atoms with Gasteiger partial charge in [-0.3, -0.25) is 4.79 Å². The van der Waals surface area contributed by atoms with Gasteiger partial charge in [-0.1, -0.05) is 0 Å². The van der Waals surface area contributed by atoms with Crippen LogP contribution in [0.15, 0.2) is 5.10 Å². The van der Waals surface area contributed by atoms with Crippen LogP contribution in [-0.4, -0.2) is 29.5 Å². The van der Waals surface area contributed by atoms with E-state index in [2.05, 4.69) is 5.10 Å². The summed E-state index contributed by atoms with van der Waals surface area (Å²) in [6.45, 7) is 1.17. The Morgan fingerprint density at radius 2 is 2.08 bits per heavy atom. The standard InChI is InChI=1S/C6H9F3N2O2/c1-4(2-3-12)10-11-5(13)6(7,8)9/h12H,2-3H2,1H3,(H,11,13)/b10-4+. The molecule has 0 unspecified atom stereocenters. The zero-order chi connectivity index (χ0) is 10.5. The molecule has 0 aromatic carbocycles. The number of amides is 1. The Labute approximate surface area is 72.4 Å². The normalized spacial score (nSPS) is 12.8. The highest BCUT2D eigenvalue weighted by molar-refractivity contribution is 5.86. The lowest BCUT2D eigenvalue weighted by Gasteiger charge is -2.03. The lowest BCUT2D eigenvalue weighted by atomic mass is 10.3. The summed E-state index contributed by atoms with van der Waals surface area (Å²) in [7, 11) is 0. The van der Waals surface area contributed by atoms with Crippen LogP contribution in [0, 0.1) is 0 Å². The van der Waals surface area contributed by atoms with Gasteiger partial charge in [0.05, 0.1) is 0 Å². The van der Waals surface area contributed by atoms with Crippen LogP contribution in [0.2, 0.25) is 0 Å². The van der Waals surface area contributed by atoms with E-state index < -0.39 is 12.1 Å². The highest BCUT2D eigenvalue weighted by Gasteiger charge is 2.38. The lowest BCUT2D eigenvalue weighted by molar-refractivity contribution is -0.173. The average Bonchev–Trinajstić information content (AvgIpc) is 1.99. The quantitative estimate of drug-likeness (QED) is 0.510. The summed E-state index contributed by atoms with van der Waals surface area (Å²) in [4.78, 5) is 10.2. The number of nitrogens with zero attached hydrogens (tertiary/aromatic N) is 1. The number of aliphatic hydroxyl groups is 1. The molecule has 7 heteroatoms. The summed E-state index contributed by atoms with van der Waals surface area (Å²) in [5.41, 5.74) is 1.54. The number of rotatable bonds is 3. The third-order valence-corrected chi connectivity index (χ3v) is 1.08. The van der Waals surface area contributed by atoms with Crippen molar-refractivity contribution >= 4 is 11.6 Å². The van der Waals surface area contributed by atoms with E-state index in [1.807, 2.05) is 0 Å². The number of carbonyl (C=O) groups is 1. The van der Waals surface area contributed by atoms with Gasteiger partial charge in [0.25, 0.3) is 0 Å². The van der Waals surface area contributed by atoms with Crippen LogP contribution in [0.3, 0.4) is 0 Å². The van der Waals surface area contributed by atoms with Gasteiger partial charge >= 0.3 is 12.1 Å². The second-order valence-corrected chi connectivity index (χ2v) is 2.26. The van der Waals surface area contributed by atoms with E-state index in [-0.39, 0.29) is 18.7 Å². The van der Waals surface area contributed by atoms with Crippen LogP contribution in [0.25, 0.3) is 0 Å². The molecule has 0 saturated carbocycles. The monoisotopic (exact) mass is 198 g/mol. The van der Waals surface area contributed by atoms with Gasteiger partial charge in [0.2, 0.25) is 0 Å². The summed E-state index contributed by atoms with van der Waals surface area (Å²) < 4.78 is 34.7. The highest BCUT2D eigenvalue weighted by Crippen LogP contribution is 2.13. The van der Waals surface area contributed by atoms with Crippen LogP contribution in [0.1, 0.15) is 13.3 Å². The molecule has 0 aromatic heterocycles. The first-order chi connectivity index (χ1) is 5.88. The van der Waals surface area contributed by atoms with Gasteiger partial charge < -0.3 is 5.11 Å². The number of alkyl halides is 3. The van der Waals surface area contributed by atoms with Crippen molar-refractivity contribution in [2.45, 2.75) is 19.5 Å². The van der Waals surface area contributed by atoms with Gasteiger partial charge in [-0.15, -0.1) is 0 Å². The summed E-state index contributed by atoms with van der Waals surface area (Å²) in [5.74, 6) is -2.12. The summed E-state index contributed by atoms with van der Waals surface area (Å²) in [6, 6.07) is 0. The number of halogens is 3. The molecule has 0 atom stereocenters. The van der Waals surface area contributed by atoms with E-state index in [4.69, 9.17) is 5.11 Å². The molecule has 0 saturated heterocycles. The second kappa shape index (κ2) is 4.80. The first-order valence-electron chi connectivity index (χ1n) is 3.39. The van der Waals surface area contributed by atoms with Gasteiger partial charge in [0.15, 0.2) is 0 Å². The third kappa shape index (κ3) is 5.18. The van der Waals surface area contributed by atoms with Crippen molar-refractivity contribution in [2.24, 2.45) is 5.10 Å². The van der Waals surface area contributed by atoms with Gasteiger partial charge in [-0.05, 0) is 6.92 Å². The van der Waals surface area contributed by atoms with Crippen molar-refractivity contribution < 1.29 is 23.1 Å². The maximum absolute atomic E-state index is 11.6. The van der Waals surface area contributed by atoms with E-state index >= 15 is 0 Å². The first-order valence-corrected chi connectivity index (χ1v) is 3.39. The Morgan fingerprint density at radius 3 is 2.46 bits per heavy atom. The Balaban J connectivity index is 4.02. The zero-order valence-electron chi connectivity index (χ0n) is 6.85. The SMILES string of the molecule is C/C(CCO)=N\NC(=O)C(F)(F)F. The minimum Gasteiger partial charge on any atom is -0.396 e. The fraction of sp³-hybridized carbons (Fsp3) is 0.667. The maximum atomic E-state index is 11.6. The van der Waals surface area contributed by atoms with Crippen molar-refractivity contribution in [1.82, 2.24) is 5.43 Å². The third-order valence-electron chi connectivity index (χ3n) is 1.08. The molecular formula is C6H9F3N2O2. The molecule has 13 heavy (non-hydrogen) atoms. The number of carbonyl (C=O) groups excluding carboxylic acids is 1. The zero-order valence-corrected chi connectivity index (χ0v) is 6.85. The van der Waals surface area contributed by atoms with E-state index in [1.165, 1.54) is 12.3 Å². The van der Waals surface area contributed by atoms with Gasteiger partial charge in [-0.25, -0.2) is 5.43 Å². The molecule has 0 aromatic rings. The lowest BCUT2D eigenvalue weighted by Crippen LogP contribution is -2.34. The average molecular weight is 198 g/mol. The Morgan fingerprint density at radius 1 is 1.54 bits per heavy atom. The molecule has 0 radical (unpaired) electrons.